The lowest BCUT2D eigenvalue weighted by atomic mass is 10.0. The molecule has 0 amide bonds. The Morgan fingerprint density at radius 3 is 2.18 bits per heavy atom. The third kappa shape index (κ3) is 3.19. The molecule has 0 aromatic carbocycles. The largest absolute Gasteiger partial charge is 0.356 e. The average molecular weight is 242 g/mol. The minimum absolute atomic E-state index is 0.287. The fourth-order valence-corrected chi connectivity index (χ4v) is 3.14. The van der Waals surface area contributed by atoms with E-state index in [0.717, 1.165) is 24.9 Å². The first-order valence-corrected chi connectivity index (χ1v) is 6.66. The van der Waals surface area contributed by atoms with Crippen LogP contribution in [0.2, 0.25) is 0 Å². The molecule has 1 saturated carbocycles. The van der Waals surface area contributed by atoms with Crippen molar-refractivity contribution in [1.82, 2.24) is 10.2 Å². The normalized spacial score (nSPS) is 36.2. The van der Waals surface area contributed by atoms with Crippen LogP contribution >= 0.6 is 0 Å². The molecule has 4 atom stereocenters. The molecular weight excluding hydrogens is 216 g/mol. The molecule has 1 aliphatic heterocycles. The fourth-order valence-electron chi connectivity index (χ4n) is 3.14. The number of nitrogens with one attached hydrogen (secondary N) is 1. The number of aliphatic hydroxyl groups is 1. The van der Waals surface area contributed by atoms with Gasteiger partial charge in [0.1, 0.15) is 0 Å². The molecule has 1 saturated heterocycles. The van der Waals surface area contributed by atoms with Gasteiger partial charge >= 0.3 is 0 Å². The maximum absolute atomic E-state index is 10.1. The molecule has 0 aromatic heterocycles. The Hall–Kier alpha value is -0.160. The number of hydrogen-bond donors (Lipinski definition) is 2. The molecule has 100 valence electrons. The fraction of sp³-hybridized carbons (Fsp3) is 1.00. The quantitative estimate of drug-likeness (QED) is 0.725. The van der Waals surface area contributed by atoms with Crippen molar-refractivity contribution in [2.75, 3.05) is 20.1 Å². The summed E-state index contributed by atoms with van der Waals surface area (Å²) >= 11 is 0. The smallest absolute Gasteiger partial charge is 0.216 e. The van der Waals surface area contributed by atoms with E-state index in [9.17, 15) is 5.11 Å². The molecular formula is C13H26N2O2. The Bertz CT molecular complexity index is 251. The van der Waals surface area contributed by atoms with Gasteiger partial charge in [0.2, 0.25) is 6.41 Å². The topological polar surface area (TPSA) is 44.7 Å². The number of aliphatic hydroxyl groups excluding tert-OH is 1. The summed E-state index contributed by atoms with van der Waals surface area (Å²) in [6.07, 6.45) is 1.73. The van der Waals surface area contributed by atoms with Crippen LogP contribution < -0.4 is 5.32 Å². The van der Waals surface area contributed by atoms with E-state index in [-0.39, 0.29) is 5.60 Å². The predicted molar refractivity (Wildman–Crippen MR) is 67.5 cm³/mol. The van der Waals surface area contributed by atoms with Crippen LogP contribution in [0.1, 0.15) is 33.6 Å². The van der Waals surface area contributed by atoms with Crippen molar-refractivity contribution in [3.63, 3.8) is 0 Å². The van der Waals surface area contributed by atoms with Crippen LogP contribution in [0, 0.1) is 11.8 Å². The Morgan fingerprint density at radius 1 is 1.24 bits per heavy atom. The molecule has 0 aromatic rings. The van der Waals surface area contributed by atoms with Gasteiger partial charge in [0.25, 0.3) is 0 Å². The second-order valence-corrected chi connectivity index (χ2v) is 6.49. The Labute approximate surface area is 104 Å². The van der Waals surface area contributed by atoms with Gasteiger partial charge in [0.05, 0.1) is 5.60 Å². The van der Waals surface area contributed by atoms with Gasteiger partial charge in [-0.15, -0.1) is 0 Å². The summed E-state index contributed by atoms with van der Waals surface area (Å²) < 4.78 is 5.61. The lowest BCUT2D eigenvalue weighted by Crippen LogP contribution is -2.41. The lowest BCUT2D eigenvalue weighted by Gasteiger charge is -2.30. The van der Waals surface area contributed by atoms with Crippen molar-refractivity contribution in [3.8, 4) is 0 Å². The molecule has 4 nitrogen and oxygen atoms in total. The van der Waals surface area contributed by atoms with E-state index in [1.165, 1.54) is 12.8 Å². The summed E-state index contributed by atoms with van der Waals surface area (Å²) in [4.78, 5) is 2.08. The molecule has 0 radical (unpaired) electrons. The zero-order chi connectivity index (χ0) is 12.6. The summed E-state index contributed by atoms with van der Waals surface area (Å²) in [5.74, 6) is 1.45. The van der Waals surface area contributed by atoms with E-state index in [1.807, 2.05) is 27.8 Å². The highest BCUT2D eigenvalue weighted by atomic mass is 16.6. The Balaban J connectivity index is 1.84. The van der Waals surface area contributed by atoms with E-state index in [1.54, 1.807) is 0 Å². The molecule has 1 heterocycles. The molecule has 17 heavy (non-hydrogen) atoms. The molecule has 1 unspecified atom stereocenters. The summed E-state index contributed by atoms with van der Waals surface area (Å²) in [7, 11) is 2.04. The highest BCUT2D eigenvalue weighted by Gasteiger charge is 2.42. The van der Waals surface area contributed by atoms with Gasteiger partial charge in [-0.2, -0.15) is 0 Å². The molecule has 1 aliphatic carbocycles. The summed E-state index contributed by atoms with van der Waals surface area (Å²) in [5.41, 5.74) is -0.287. The van der Waals surface area contributed by atoms with E-state index < -0.39 is 6.41 Å². The van der Waals surface area contributed by atoms with Crippen LogP contribution in [0.15, 0.2) is 0 Å². The molecule has 2 aliphatic rings. The van der Waals surface area contributed by atoms with Crippen molar-refractivity contribution in [2.24, 2.45) is 11.8 Å². The van der Waals surface area contributed by atoms with Crippen LogP contribution in [-0.4, -0.2) is 48.2 Å². The van der Waals surface area contributed by atoms with Gasteiger partial charge < -0.3 is 15.2 Å². The number of nitrogens with zero attached hydrogens (tertiary/aromatic N) is 1. The zero-order valence-corrected chi connectivity index (χ0v) is 11.4. The van der Waals surface area contributed by atoms with Gasteiger partial charge in [-0.1, -0.05) is 0 Å². The number of ether oxygens (including phenoxy) is 1. The minimum atomic E-state index is -0.742. The number of hydrogen-bond acceptors (Lipinski definition) is 4. The van der Waals surface area contributed by atoms with Gasteiger partial charge in [-0.25, -0.2) is 0 Å². The Kier molecular flexibility index (Phi) is 3.78. The molecule has 2 rings (SSSR count). The standard InChI is InChI=1S/C13H26N2O2/c1-13(2,3)17-12(16)15-7-9-5-11(14-4)6-10(9)8-15/h9-12,14,16H,5-8H2,1-4H3/t9-,10+,11+,12?. The van der Waals surface area contributed by atoms with Crippen LogP contribution in [-0.2, 0) is 4.74 Å². The van der Waals surface area contributed by atoms with E-state index in [0.29, 0.717) is 6.04 Å². The lowest BCUT2D eigenvalue weighted by molar-refractivity contribution is -0.235. The zero-order valence-electron chi connectivity index (χ0n) is 11.4. The molecule has 0 bridgehead atoms. The van der Waals surface area contributed by atoms with Crippen LogP contribution in [0.4, 0.5) is 0 Å². The van der Waals surface area contributed by atoms with Crippen LogP contribution in [0.25, 0.3) is 0 Å². The number of fused-ring (bicyclic) bond motifs is 1. The van der Waals surface area contributed by atoms with Crippen molar-refractivity contribution in [3.05, 3.63) is 0 Å². The van der Waals surface area contributed by atoms with Crippen molar-refractivity contribution >= 4 is 0 Å². The SMILES string of the molecule is CN[C@H]1C[C@@H]2CN(C(O)OC(C)(C)C)C[C@@H]2C1. The summed E-state index contributed by atoms with van der Waals surface area (Å²) in [5, 5.41) is 13.4. The van der Waals surface area contributed by atoms with Crippen molar-refractivity contribution in [1.29, 1.82) is 0 Å². The molecule has 2 N–H and O–H groups in total. The first-order valence-electron chi connectivity index (χ1n) is 6.66. The Morgan fingerprint density at radius 2 is 1.76 bits per heavy atom. The number of likely N-dealkylation sites (tertiary alicyclic amines) is 1. The van der Waals surface area contributed by atoms with E-state index in [2.05, 4.69) is 10.2 Å². The maximum atomic E-state index is 10.1. The van der Waals surface area contributed by atoms with Crippen LogP contribution in [0.5, 0.6) is 0 Å². The van der Waals surface area contributed by atoms with Crippen molar-refractivity contribution in [2.45, 2.75) is 51.7 Å². The predicted octanol–water partition coefficient (Wildman–Crippen LogP) is 1.01. The molecule has 2 fully saturated rings. The molecule has 4 heteroatoms. The van der Waals surface area contributed by atoms with Gasteiger partial charge in [0, 0.05) is 19.1 Å². The van der Waals surface area contributed by atoms with Gasteiger partial charge in [0.15, 0.2) is 0 Å². The maximum Gasteiger partial charge on any atom is 0.216 e. The third-order valence-corrected chi connectivity index (χ3v) is 3.96. The monoisotopic (exact) mass is 242 g/mol. The average Bonchev–Trinajstić information content (AvgIpc) is 2.70. The highest BCUT2D eigenvalue weighted by Crippen LogP contribution is 2.38. The van der Waals surface area contributed by atoms with Gasteiger partial charge in [-0.3, -0.25) is 4.90 Å². The second kappa shape index (κ2) is 4.84. The summed E-state index contributed by atoms with van der Waals surface area (Å²) in [6.45, 7) is 7.87. The number of rotatable bonds is 3. The summed E-state index contributed by atoms with van der Waals surface area (Å²) in [6, 6.07) is 0.674. The minimum Gasteiger partial charge on any atom is -0.356 e. The highest BCUT2D eigenvalue weighted by molar-refractivity contribution is 4.94. The van der Waals surface area contributed by atoms with E-state index in [4.69, 9.17) is 4.74 Å². The van der Waals surface area contributed by atoms with Crippen molar-refractivity contribution < 1.29 is 9.84 Å². The van der Waals surface area contributed by atoms with Gasteiger partial charge in [-0.05, 0) is 52.5 Å². The van der Waals surface area contributed by atoms with E-state index >= 15 is 0 Å². The third-order valence-electron chi connectivity index (χ3n) is 3.96. The molecule has 0 spiro atoms. The first-order chi connectivity index (χ1) is 7.89. The second-order valence-electron chi connectivity index (χ2n) is 6.49. The first kappa shape index (κ1) is 13.3. The van der Waals surface area contributed by atoms with Crippen LogP contribution in [0.3, 0.4) is 0 Å².